The van der Waals surface area contributed by atoms with Crippen molar-refractivity contribution in [2.24, 2.45) is 0 Å². The van der Waals surface area contributed by atoms with E-state index in [1.807, 2.05) is 0 Å². The van der Waals surface area contributed by atoms with E-state index in [4.69, 9.17) is 9.84 Å². The Morgan fingerprint density at radius 1 is 0.578 bits per heavy atom. The van der Waals surface area contributed by atoms with Crippen molar-refractivity contribution in [1.82, 2.24) is 5.32 Å². The van der Waals surface area contributed by atoms with Gasteiger partial charge in [-0.2, -0.15) is 0 Å². The lowest BCUT2D eigenvalue weighted by Gasteiger charge is -2.18. The number of amides is 1. The highest BCUT2D eigenvalue weighted by molar-refractivity contribution is 5.80. The number of nitrogens with one attached hydrogen (secondary N) is 1. The number of carboxylic acids is 1. The number of aliphatic carboxylic acids is 1. The minimum Gasteiger partial charge on any atom is -0.480 e. The summed E-state index contributed by atoms with van der Waals surface area (Å²) in [5.41, 5.74) is 0. The van der Waals surface area contributed by atoms with Crippen LogP contribution in [-0.2, 0) is 19.1 Å². The standard InChI is InChI=1S/C39H71NO5/c1-3-5-7-9-10-11-12-13-14-15-16-17-18-19-20-21-22-24-30-34-39(44)45-36(31-27-23-8-6-4-2)32-28-25-26-29-33-37(41)40-35-38(42)43/h10-11,13-14,36H,3-9,12,15-35H2,1-2H3,(H,40,41)(H,42,43)/b11-10-,14-13-. The van der Waals surface area contributed by atoms with Gasteiger partial charge in [0.1, 0.15) is 12.6 Å². The molecule has 6 nitrogen and oxygen atoms in total. The van der Waals surface area contributed by atoms with Gasteiger partial charge in [-0.1, -0.05) is 134 Å². The molecule has 1 unspecified atom stereocenters. The van der Waals surface area contributed by atoms with Crippen molar-refractivity contribution in [2.45, 2.75) is 200 Å². The largest absolute Gasteiger partial charge is 0.480 e. The molecule has 262 valence electrons. The summed E-state index contributed by atoms with van der Waals surface area (Å²) in [4.78, 5) is 34.7. The average molecular weight is 634 g/mol. The molecule has 0 radical (unpaired) electrons. The molecule has 0 heterocycles. The molecule has 0 aliphatic rings. The average Bonchev–Trinajstić information content (AvgIpc) is 3.02. The predicted octanol–water partition coefficient (Wildman–Crippen LogP) is 11.2. The summed E-state index contributed by atoms with van der Waals surface area (Å²) in [5, 5.41) is 11.0. The number of hydrogen-bond donors (Lipinski definition) is 2. The van der Waals surface area contributed by atoms with Crippen molar-refractivity contribution in [1.29, 1.82) is 0 Å². The second kappa shape index (κ2) is 34.8. The first kappa shape index (κ1) is 42.9. The number of rotatable bonds is 34. The van der Waals surface area contributed by atoms with Crippen LogP contribution in [0.25, 0.3) is 0 Å². The van der Waals surface area contributed by atoms with Crippen molar-refractivity contribution in [2.75, 3.05) is 6.54 Å². The van der Waals surface area contributed by atoms with Crippen LogP contribution in [0.1, 0.15) is 194 Å². The molecule has 1 amide bonds. The molecule has 0 bridgehead atoms. The maximum atomic E-state index is 12.6. The van der Waals surface area contributed by atoms with E-state index in [1.165, 1.54) is 103 Å². The van der Waals surface area contributed by atoms with Gasteiger partial charge in [0.05, 0.1) is 0 Å². The van der Waals surface area contributed by atoms with Gasteiger partial charge in [-0.05, 0) is 70.6 Å². The van der Waals surface area contributed by atoms with Gasteiger partial charge in [0.2, 0.25) is 5.91 Å². The van der Waals surface area contributed by atoms with Crippen LogP contribution in [0.2, 0.25) is 0 Å². The van der Waals surface area contributed by atoms with Crippen LogP contribution in [-0.4, -0.2) is 35.6 Å². The van der Waals surface area contributed by atoms with Gasteiger partial charge in [0.25, 0.3) is 0 Å². The van der Waals surface area contributed by atoms with E-state index in [-0.39, 0.29) is 24.5 Å². The van der Waals surface area contributed by atoms with Gasteiger partial charge in [-0.25, -0.2) is 0 Å². The molecule has 0 saturated heterocycles. The second-order valence-electron chi connectivity index (χ2n) is 12.8. The quantitative estimate of drug-likeness (QED) is 0.0418. The first-order chi connectivity index (χ1) is 22.0. The molecule has 45 heavy (non-hydrogen) atoms. The molecule has 0 aliphatic carbocycles. The summed E-state index contributed by atoms with van der Waals surface area (Å²) in [6.07, 6.45) is 40.2. The summed E-state index contributed by atoms with van der Waals surface area (Å²) < 4.78 is 5.93. The van der Waals surface area contributed by atoms with Crippen LogP contribution in [0, 0.1) is 0 Å². The van der Waals surface area contributed by atoms with E-state index >= 15 is 0 Å². The molecule has 6 heteroatoms. The van der Waals surface area contributed by atoms with Crippen LogP contribution in [0.5, 0.6) is 0 Å². The number of unbranched alkanes of at least 4 members (excludes halogenated alkanes) is 19. The lowest BCUT2D eigenvalue weighted by atomic mass is 10.0. The summed E-state index contributed by atoms with van der Waals surface area (Å²) in [5.74, 6) is -1.27. The van der Waals surface area contributed by atoms with Crippen molar-refractivity contribution in [3.8, 4) is 0 Å². The zero-order valence-corrected chi connectivity index (χ0v) is 29.5. The normalized spacial score (nSPS) is 12.2. The van der Waals surface area contributed by atoms with Crippen molar-refractivity contribution in [3.63, 3.8) is 0 Å². The Hall–Kier alpha value is -2.11. The number of carboxylic acid groups (broad SMARTS) is 1. The third-order valence-corrected chi connectivity index (χ3v) is 8.38. The SMILES string of the molecule is CCCCC/C=C\C/C=C\CCCCCCCCCCCC(=O)OC(CCCCCCC)CCCCCCC(=O)NCC(=O)O. The molecular weight excluding hydrogens is 562 g/mol. The number of esters is 1. The molecule has 0 aliphatic heterocycles. The predicted molar refractivity (Wildman–Crippen MR) is 189 cm³/mol. The van der Waals surface area contributed by atoms with Gasteiger partial charge < -0.3 is 15.2 Å². The third-order valence-electron chi connectivity index (χ3n) is 8.38. The summed E-state index contributed by atoms with van der Waals surface area (Å²) in [6, 6.07) is 0. The molecule has 0 aromatic rings. The van der Waals surface area contributed by atoms with Gasteiger partial charge >= 0.3 is 11.9 Å². The van der Waals surface area contributed by atoms with E-state index in [2.05, 4.69) is 43.5 Å². The molecule has 0 aromatic heterocycles. The van der Waals surface area contributed by atoms with Gasteiger partial charge in [-0.3, -0.25) is 14.4 Å². The van der Waals surface area contributed by atoms with E-state index in [0.29, 0.717) is 12.8 Å². The Morgan fingerprint density at radius 3 is 1.58 bits per heavy atom. The van der Waals surface area contributed by atoms with Crippen molar-refractivity contribution in [3.05, 3.63) is 24.3 Å². The molecule has 0 rings (SSSR count). The Labute approximate surface area is 277 Å². The zero-order chi connectivity index (χ0) is 33.1. The number of carbonyl (C=O) groups excluding carboxylic acids is 2. The first-order valence-corrected chi connectivity index (χ1v) is 19.0. The minimum absolute atomic E-state index is 0.00522. The van der Waals surface area contributed by atoms with Gasteiger partial charge in [-0.15, -0.1) is 0 Å². The van der Waals surface area contributed by atoms with Crippen LogP contribution in [0.3, 0.4) is 0 Å². The number of carbonyl (C=O) groups is 3. The Morgan fingerprint density at radius 2 is 1.02 bits per heavy atom. The van der Waals surface area contributed by atoms with Crippen molar-refractivity contribution < 1.29 is 24.2 Å². The van der Waals surface area contributed by atoms with E-state index < -0.39 is 5.97 Å². The Balaban J connectivity index is 3.88. The fourth-order valence-electron chi connectivity index (χ4n) is 5.54. The highest BCUT2D eigenvalue weighted by Gasteiger charge is 2.14. The molecule has 0 saturated carbocycles. The topological polar surface area (TPSA) is 92.7 Å². The maximum Gasteiger partial charge on any atom is 0.322 e. The van der Waals surface area contributed by atoms with Crippen LogP contribution >= 0.6 is 0 Å². The highest BCUT2D eigenvalue weighted by atomic mass is 16.5. The lowest BCUT2D eigenvalue weighted by molar-refractivity contribution is -0.150. The first-order valence-electron chi connectivity index (χ1n) is 19.0. The van der Waals surface area contributed by atoms with Gasteiger partial charge in [0.15, 0.2) is 0 Å². The number of allylic oxidation sites excluding steroid dienone is 4. The maximum absolute atomic E-state index is 12.6. The number of ether oxygens (including phenoxy) is 1. The Bertz CT molecular complexity index is 748. The lowest BCUT2D eigenvalue weighted by Crippen LogP contribution is -2.28. The van der Waals surface area contributed by atoms with Crippen LogP contribution in [0.4, 0.5) is 0 Å². The van der Waals surface area contributed by atoms with Crippen molar-refractivity contribution >= 4 is 17.8 Å². The monoisotopic (exact) mass is 634 g/mol. The molecular formula is C39H71NO5. The molecule has 0 aromatic carbocycles. The zero-order valence-electron chi connectivity index (χ0n) is 29.5. The summed E-state index contributed by atoms with van der Waals surface area (Å²) >= 11 is 0. The van der Waals surface area contributed by atoms with Crippen LogP contribution < -0.4 is 5.32 Å². The minimum atomic E-state index is -1.02. The molecule has 1 atom stereocenters. The molecule has 0 spiro atoms. The Kier molecular flexibility index (Phi) is 33.1. The van der Waals surface area contributed by atoms with E-state index in [0.717, 1.165) is 64.2 Å². The fourth-order valence-corrected chi connectivity index (χ4v) is 5.54. The van der Waals surface area contributed by atoms with E-state index in [9.17, 15) is 14.4 Å². The highest BCUT2D eigenvalue weighted by Crippen LogP contribution is 2.18. The molecule has 0 fully saturated rings. The summed E-state index contributed by atoms with van der Waals surface area (Å²) in [6.45, 7) is 4.15. The number of hydrogen-bond acceptors (Lipinski definition) is 4. The van der Waals surface area contributed by atoms with Crippen LogP contribution in [0.15, 0.2) is 24.3 Å². The third kappa shape index (κ3) is 34.6. The van der Waals surface area contributed by atoms with E-state index in [1.54, 1.807) is 0 Å². The summed E-state index contributed by atoms with van der Waals surface area (Å²) in [7, 11) is 0. The van der Waals surface area contributed by atoms with Gasteiger partial charge in [0, 0.05) is 12.8 Å². The molecule has 2 N–H and O–H groups in total. The fraction of sp³-hybridized carbons (Fsp3) is 0.821. The second-order valence-corrected chi connectivity index (χ2v) is 12.8. The smallest absolute Gasteiger partial charge is 0.322 e.